The third-order valence-electron chi connectivity index (χ3n) is 6.33. The molecule has 1 amide bonds. The normalized spacial score (nSPS) is 23.9. The second-order valence-corrected chi connectivity index (χ2v) is 8.55. The van der Waals surface area contributed by atoms with Crippen molar-refractivity contribution in [3.63, 3.8) is 0 Å². The van der Waals surface area contributed by atoms with Gasteiger partial charge < -0.3 is 14.8 Å². The maximum Gasteiger partial charge on any atom is 0.310 e. The number of methoxy groups -OCH3 is 1. The number of hydrogen-bond acceptors (Lipinski definition) is 5. The number of ether oxygens (including phenoxy) is 2. The number of rotatable bonds is 7. The Kier molecular flexibility index (Phi) is 6.28. The molecule has 2 bridgehead atoms. The molecule has 2 fully saturated rings. The van der Waals surface area contributed by atoms with Gasteiger partial charge in [-0.3, -0.25) is 14.4 Å². The highest BCUT2D eigenvalue weighted by Crippen LogP contribution is 2.53. The molecule has 1 N–H and O–H groups in total. The van der Waals surface area contributed by atoms with E-state index in [0.717, 1.165) is 19.3 Å². The second-order valence-electron chi connectivity index (χ2n) is 8.12. The molecule has 6 nitrogen and oxygen atoms in total. The highest BCUT2D eigenvalue weighted by Gasteiger charge is 2.54. The van der Waals surface area contributed by atoms with Gasteiger partial charge in [0.25, 0.3) is 5.91 Å². The van der Waals surface area contributed by atoms with Crippen molar-refractivity contribution < 1.29 is 23.9 Å². The molecule has 4 atom stereocenters. The van der Waals surface area contributed by atoms with Crippen LogP contribution in [-0.4, -0.2) is 31.4 Å². The van der Waals surface area contributed by atoms with Crippen LogP contribution in [0, 0.1) is 23.7 Å². The maximum atomic E-state index is 13.1. The standard InChI is InChI=1S/C24H24ClNO5/c1-30-19-10-9-17(25)12-18(19)26-20(27)13-31-24(29)22-16-8-7-15(11-16)21(22)23(28)14-5-3-2-4-6-14/h2-6,9-10,12,15-16,21-22H,7-8,11,13H2,1H3,(H,26,27)/t15-,16-,21-,22-/m0/s1. The average molecular weight is 442 g/mol. The van der Waals surface area contributed by atoms with E-state index >= 15 is 0 Å². The molecule has 2 aliphatic rings. The van der Waals surface area contributed by atoms with Crippen LogP contribution in [0.3, 0.4) is 0 Å². The van der Waals surface area contributed by atoms with Crippen LogP contribution >= 0.6 is 11.6 Å². The summed E-state index contributed by atoms with van der Waals surface area (Å²) in [7, 11) is 1.48. The summed E-state index contributed by atoms with van der Waals surface area (Å²) < 4.78 is 10.6. The molecule has 2 aromatic rings. The van der Waals surface area contributed by atoms with E-state index in [0.29, 0.717) is 22.0 Å². The highest BCUT2D eigenvalue weighted by atomic mass is 35.5. The van der Waals surface area contributed by atoms with Crippen LogP contribution in [-0.2, 0) is 14.3 Å². The van der Waals surface area contributed by atoms with Crippen LogP contribution in [0.25, 0.3) is 0 Å². The van der Waals surface area contributed by atoms with Crippen molar-refractivity contribution in [2.75, 3.05) is 19.0 Å². The van der Waals surface area contributed by atoms with Gasteiger partial charge in [-0.05, 0) is 49.3 Å². The number of fused-ring (bicyclic) bond motifs is 2. The first-order chi connectivity index (χ1) is 15.0. The first-order valence-corrected chi connectivity index (χ1v) is 10.7. The molecule has 0 aromatic heterocycles. The lowest BCUT2D eigenvalue weighted by molar-refractivity contribution is -0.154. The van der Waals surface area contributed by atoms with Gasteiger partial charge in [-0.25, -0.2) is 0 Å². The van der Waals surface area contributed by atoms with E-state index in [9.17, 15) is 14.4 Å². The van der Waals surface area contributed by atoms with Crippen molar-refractivity contribution in [3.05, 3.63) is 59.1 Å². The Morgan fingerprint density at radius 3 is 2.45 bits per heavy atom. The van der Waals surface area contributed by atoms with Crippen molar-refractivity contribution in [1.82, 2.24) is 0 Å². The number of amides is 1. The van der Waals surface area contributed by atoms with Crippen LogP contribution in [0.1, 0.15) is 29.6 Å². The zero-order chi connectivity index (χ0) is 22.0. The van der Waals surface area contributed by atoms with Gasteiger partial charge in [0, 0.05) is 16.5 Å². The number of carbonyl (C=O) groups excluding carboxylic acids is 3. The van der Waals surface area contributed by atoms with Crippen molar-refractivity contribution in [1.29, 1.82) is 0 Å². The molecule has 0 heterocycles. The Morgan fingerprint density at radius 2 is 1.74 bits per heavy atom. The van der Waals surface area contributed by atoms with Crippen LogP contribution in [0.15, 0.2) is 48.5 Å². The molecule has 2 aliphatic carbocycles. The van der Waals surface area contributed by atoms with Gasteiger partial charge >= 0.3 is 5.97 Å². The summed E-state index contributed by atoms with van der Waals surface area (Å²) >= 11 is 5.98. The molecule has 4 rings (SSSR count). The lowest BCUT2D eigenvalue weighted by Gasteiger charge is -2.28. The van der Waals surface area contributed by atoms with Crippen LogP contribution in [0.5, 0.6) is 5.75 Å². The Morgan fingerprint density at radius 1 is 1.03 bits per heavy atom. The first-order valence-electron chi connectivity index (χ1n) is 10.4. The molecule has 2 aromatic carbocycles. The Bertz CT molecular complexity index is 993. The summed E-state index contributed by atoms with van der Waals surface area (Å²) in [6, 6.07) is 13.9. The van der Waals surface area contributed by atoms with Gasteiger partial charge in [0.2, 0.25) is 0 Å². The molecule has 7 heteroatoms. The quantitative estimate of drug-likeness (QED) is 0.509. The van der Waals surface area contributed by atoms with Gasteiger partial charge in [0.05, 0.1) is 18.7 Å². The van der Waals surface area contributed by atoms with Crippen molar-refractivity contribution in [2.45, 2.75) is 19.3 Å². The molecule has 0 unspecified atom stereocenters. The summed E-state index contributed by atoms with van der Waals surface area (Å²) in [5.74, 6) is -1.10. The van der Waals surface area contributed by atoms with E-state index in [1.54, 1.807) is 30.3 Å². The van der Waals surface area contributed by atoms with E-state index in [4.69, 9.17) is 21.1 Å². The van der Waals surface area contributed by atoms with Crippen LogP contribution in [0.4, 0.5) is 5.69 Å². The topological polar surface area (TPSA) is 81.7 Å². The number of benzene rings is 2. The molecular formula is C24H24ClNO5. The van der Waals surface area contributed by atoms with Crippen LogP contribution in [0.2, 0.25) is 5.02 Å². The molecule has 0 radical (unpaired) electrons. The summed E-state index contributed by atoms with van der Waals surface area (Å²) in [4.78, 5) is 38.4. The smallest absolute Gasteiger partial charge is 0.310 e. The van der Waals surface area contributed by atoms with E-state index in [-0.39, 0.29) is 23.5 Å². The van der Waals surface area contributed by atoms with Crippen molar-refractivity contribution in [3.8, 4) is 5.75 Å². The zero-order valence-corrected chi connectivity index (χ0v) is 17.9. The number of Topliss-reactive ketones (excluding diaryl/α,β-unsaturated/α-hetero) is 1. The van der Waals surface area contributed by atoms with Crippen molar-refractivity contribution in [2.24, 2.45) is 23.7 Å². The van der Waals surface area contributed by atoms with Gasteiger partial charge in [0.15, 0.2) is 12.4 Å². The minimum absolute atomic E-state index is 0.0112. The molecule has 31 heavy (non-hydrogen) atoms. The summed E-state index contributed by atoms with van der Waals surface area (Å²) in [6.45, 7) is -0.436. The third kappa shape index (κ3) is 4.44. The predicted octanol–water partition coefficient (Wildman–Crippen LogP) is 4.38. The zero-order valence-electron chi connectivity index (χ0n) is 17.2. The number of hydrogen-bond donors (Lipinski definition) is 1. The molecule has 0 aliphatic heterocycles. The Balaban J connectivity index is 1.41. The average Bonchev–Trinajstić information content (AvgIpc) is 3.39. The first kappa shape index (κ1) is 21.4. The lowest BCUT2D eigenvalue weighted by Crippen LogP contribution is -2.37. The fourth-order valence-electron chi connectivity index (χ4n) is 5.00. The monoisotopic (exact) mass is 441 g/mol. The molecule has 0 spiro atoms. The fraction of sp³-hybridized carbons (Fsp3) is 0.375. The predicted molar refractivity (Wildman–Crippen MR) is 116 cm³/mol. The van der Waals surface area contributed by atoms with E-state index in [2.05, 4.69) is 5.32 Å². The molecule has 162 valence electrons. The fourth-order valence-corrected chi connectivity index (χ4v) is 5.17. The van der Waals surface area contributed by atoms with Gasteiger partial charge in [-0.15, -0.1) is 0 Å². The number of carbonyl (C=O) groups is 3. The van der Waals surface area contributed by atoms with Gasteiger partial charge in [0.1, 0.15) is 5.75 Å². The lowest BCUT2D eigenvalue weighted by atomic mass is 9.75. The summed E-state index contributed by atoms with van der Waals surface area (Å²) in [5.41, 5.74) is 1.01. The summed E-state index contributed by atoms with van der Waals surface area (Å²) in [6.07, 6.45) is 2.72. The molecule has 0 saturated heterocycles. The highest BCUT2D eigenvalue weighted by molar-refractivity contribution is 6.31. The van der Waals surface area contributed by atoms with E-state index in [1.807, 2.05) is 18.2 Å². The van der Waals surface area contributed by atoms with Gasteiger partial charge in [-0.2, -0.15) is 0 Å². The SMILES string of the molecule is COc1ccc(Cl)cc1NC(=O)COC(=O)[C@H]1[C@H]2CC[C@@H](C2)[C@@H]1C(=O)c1ccccc1. The van der Waals surface area contributed by atoms with Gasteiger partial charge in [-0.1, -0.05) is 41.9 Å². The minimum atomic E-state index is -0.500. The number of anilines is 1. The summed E-state index contributed by atoms with van der Waals surface area (Å²) in [5, 5.41) is 3.09. The minimum Gasteiger partial charge on any atom is -0.495 e. The Labute approximate surface area is 185 Å². The number of ketones is 1. The van der Waals surface area contributed by atoms with Crippen molar-refractivity contribution >= 4 is 34.9 Å². The Hall–Kier alpha value is -2.86. The number of nitrogens with one attached hydrogen (secondary N) is 1. The number of esters is 1. The maximum absolute atomic E-state index is 13.1. The van der Waals surface area contributed by atoms with E-state index in [1.165, 1.54) is 7.11 Å². The molecule has 2 saturated carbocycles. The number of halogens is 1. The molecular weight excluding hydrogens is 418 g/mol. The second kappa shape index (κ2) is 9.10. The third-order valence-corrected chi connectivity index (χ3v) is 6.57. The van der Waals surface area contributed by atoms with Crippen LogP contribution < -0.4 is 10.1 Å². The van der Waals surface area contributed by atoms with E-state index < -0.39 is 24.4 Å². The largest absolute Gasteiger partial charge is 0.495 e.